The van der Waals surface area contributed by atoms with Crippen LogP contribution in [-0.2, 0) is 13.1 Å². The van der Waals surface area contributed by atoms with E-state index < -0.39 is 0 Å². The first-order valence-corrected chi connectivity index (χ1v) is 7.45. The molecule has 0 spiro atoms. The zero-order valence-electron chi connectivity index (χ0n) is 9.90. The maximum absolute atomic E-state index is 3.61. The van der Waals surface area contributed by atoms with Gasteiger partial charge >= 0.3 is 0 Å². The minimum absolute atomic E-state index is 0.996. The van der Waals surface area contributed by atoms with E-state index in [1.165, 1.54) is 14.9 Å². The first-order valence-electron chi connectivity index (χ1n) is 5.77. The largest absolute Gasteiger partial charge is 0.294 e. The average molecular weight is 310 g/mol. The molecular weight excluding hydrogens is 294 g/mol. The van der Waals surface area contributed by atoms with E-state index in [2.05, 4.69) is 69.5 Å². The third kappa shape index (κ3) is 3.66. The molecule has 0 radical (unpaired) electrons. The molecule has 0 aliphatic carbocycles. The van der Waals surface area contributed by atoms with Gasteiger partial charge in [-0.1, -0.05) is 47.1 Å². The van der Waals surface area contributed by atoms with E-state index >= 15 is 0 Å². The summed E-state index contributed by atoms with van der Waals surface area (Å²) in [6.45, 7) is 5.31. The molecule has 17 heavy (non-hydrogen) atoms. The number of hydrogen-bond donors (Lipinski definition) is 0. The standard InChI is InChI=1S/C14H16BrNS/c1-2-16(11-13-7-5-9-17-13)10-12-6-3-4-8-14(12)15/h3-9H,2,10-11H2,1H3. The van der Waals surface area contributed by atoms with Gasteiger partial charge in [0.15, 0.2) is 0 Å². The topological polar surface area (TPSA) is 3.24 Å². The zero-order valence-corrected chi connectivity index (χ0v) is 12.3. The molecule has 0 fully saturated rings. The van der Waals surface area contributed by atoms with Crippen molar-refractivity contribution in [2.24, 2.45) is 0 Å². The Morgan fingerprint density at radius 3 is 2.59 bits per heavy atom. The van der Waals surface area contributed by atoms with Crippen LogP contribution >= 0.6 is 27.3 Å². The van der Waals surface area contributed by atoms with E-state index in [9.17, 15) is 0 Å². The molecule has 1 aromatic carbocycles. The summed E-state index contributed by atoms with van der Waals surface area (Å²) < 4.78 is 1.20. The molecule has 1 heterocycles. The first-order chi connectivity index (χ1) is 8.29. The Morgan fingerprint density at radius 1 is 1.12 bits per heavy atom. The monoisotopic (exact) mass is 309 g/mol. The minimum Gasteiger partial charge on any atom is -0.294 e. The van der Waals surface area contributed by atoms with Crippen molar-refractivity contribution in [1.82, 2.24) is 4.90 Å². The molecule has 3 heteroatoms. The van der Waals surface area contributed by atoms with Crippen LogP contribution < -0.4 is 0 Å². The Morgan fingerprint density at radius 2 is 1.94 bits per heavy atom. The highest BCUT2D eigenvalue weighted by molar-refractivity contribution is 9.10. The lowest BCUT2D eigenvalue weighted by Gasteiger charge is -2.20. The molecule has 90 valence electrons. The van der Waals surface area contributed by atoms with Crippen molar-refractivity contribution in [3.05, 3.63) is 56.7 Å². The van der Waals surface area contributed by atoms with Gasteiger partial charge in [0.05, 0.1) is 0 Å². The van der Waals surface area contributed by atoms with Crippen molar-refractivity contribution < 1.29 is 0 Å². The fourth-order valence-corrected chi connectivity index (χ4v) is 2.93. The van der Waals surface area contributed by atoms with Crippen LogP contribution in [0.2, 0.25) is 0 Å². The van der Waals surface area contributed by atoms with Gasteiger partial charge < -0.3 is 0 Å². The van der Waals surface area contributed by atoms with Crippen LogP contribution in [0.25, 0.3) is 0 Å². The second-order valence-electron chi connectivity index (χ2n) is 3.97. The summed E-state index contributed by atoms with van der Waals surface area (Å²) in [6, 6.07) is 12.8. The lowest BCUT2D eigenvalue weighted by molar-refractivity contribution is 0.273. The third-order valence-electron chi connectivity index (χ3n) is 2.76. The Kier molecular flexibility index (Phi) is 4.77. The Hall–Kier alpha value is -0.640. The van der Waals surface area contributed by atoms with E-state index in [0.717, 1.165) is 19.6 Å². The number of nitrogens with zero attached hydrogens (tertiary/aromatic N) is 1. The average Bonchev–Trinajstić information content (AvgIpc) is 2.84. The summed E-state index contributed by atoms with van der Waals surface area (Å²) in [5.74, 6) is 0. The molecule has 0 unspecified atom stereocenters. The number of rotatable bonds is 5. The van der Waals surface area contributed by atoms with Crippen molar-refractivity contribution >= 4 is 27.3 Å². The van der Waals surface area contributed by atoms with Crippen molar-refractivity contribution in [3.8, 4) is 0 Å². The van der Waals surface area contributed by atoms with Gasteiger partial charge in [-0.15, -0.1) is 11.3 Å². The molecule has 0 aliphatic heterocycles. The smallest absolute Gasteiger partial charge is 0.0331 e. The predicted octanol–water partition coefficient (Wildman–Crippen LogP) is 4.53. The number of thiophene rings is 1. The lowest BCUT2D eigenvalue weighted by atomic mass is 10.2. The van der Waals surface area contributed by atoms with Crippen LogP contribution in [0.5, 0.6) is 0 Å². The molecule has 2 rings (SSSR count). The van der Waals surface area contributed by atoms with Gasteiger partial charge in [-0.3, -0.25) is 4.90 Å². The van der Waals surface area contributed by atoms with E-state index in [4.69, 9.17) is 0 Å². The van der Waals surface area contributed by atoms with Crippen LogP contribution in [0.15, 0.2) is 46.3 Å². The quantitative estimate of drug-likeness (QED) is 0.784. The summed E-state index contributed by atoms with van der Waals surface area (Å²) in [7, 11) is 0. The molecule has 0 N–H and O–H groups in total. The lowest BCUT2D eigenvalue weighted by Crippen LogP contribution is -2.21. The summed E-state index contributed by atoms with van der Waals surface area (Å²) in [4.78, 5) is 3.88. The van der Waals surface area contributed by atoms with Crippen molar-refractivity contribution in [3.63, 3.8) is 0 Å². The first kappa shape index (κ1) is 12.8. The van der Waals surface area contributed by atoms with Gasteiger partial charge in [0, 0.05) is 22.4 Å². The predicted molar refractivity (Wildman–Crippen MR) is 78.2 cm³/mol. The molecule has 2 aromatic rings. The van der Waals surface area contributed by atoms with E-state index in [1.54, 1.807) is 0 Å². The van der Waals surface area contributed by atoms with Crippen molar-refractivity contribution in [2.75, 3.05) is 6.54 Å². The van der Waals surface area contributed by atoms with Crippen LogP contribution in [0, 0.1) is 0 Å². The molecule has 1 aromatic heterocycles. The summed E-state index contributed by atoms with van der Waals surface area (Å²) in [5.41, 5.74) is 1.35. The maximum Gasteiger partial charge on any atom is 0.0331 e. The highest BCUT2D eigenvalue weighted by atomic mass is 79.9. The molecular formula is C14H16BrNS. The van der Waals surface area contributed by atoms with Crippen LogP contribution in [0.3, 0.4) is 0 Å². The minimum atomic E-state index is 0.996. The normalized spacial score (nSPS) is 11.0. The second-order valence-corrected chi connectivity index (χ2v) is 5.86. The fourth-order valence-electron chi connectivity index (χ4n) is 1.77. The number of halogens is 1. The molecule has 0 aliphatic rings. The van der Waals surface area contributed by atoms with E-state index in [-0.39, 0.29) is 0 Å². The maximum atomic E-state index is 3.61. The third-order valence-corrected chi connectivity index (χ3v) is 4.39. The van der Waals surface area contributed by atoms with Crippen LogP contribution in [0.1, 0.15) is 17.4 Å². The van der Waals surface area contributed by atoms with Gasteiger partial charge in [0.2, 0.25) is 0 Å². The van der Waals surface area contributed by atoms with Gasteiger partial charge in [-0.05, 0) is 29.6 Å². The zero-order chi connectivity index (χ0) is 12.1. The van der Waals surface area contributed by atoms with Crippen molar-refractivity contribution in [1.29, 1.82) is 0 Å². The molecule has 0 atom stereocenters. The van der Waals surface area contributed by atoms with E-state index in [1.807, 2.05) is 11.3 Å². The molecule has 0 bridgehead atoms. The van der Waals surface area contributed by atoms with Gasteiger partial charge in [-0.2, -0.15) is 0 Å². The van der Waals surface area contributed by atoms with Gasteiger partial charge in [0.25, 0.3) is 0 Å². The second kappa shape index (κ2) is 6.34. The highest BCUT2D eigenvalue weighted by Crippen LogP contribution is 2.19. The van der Waals surface area contributed by atoms with Gasteiger partial charge in [-0.25, -0.2) is 0 Å². The van der Waals surface area contributed by atoms with E-state index in [0.29, 0.717) is 0 Å². The Bertz CT molecular complexity index is 453. The fraction of sp³-hybridized carbons (Fsp3) is 0.286. The highest BCUT2D eigenvalue weighted by Gasteiger charge is 2.07. The van der Waals surface area contributed by atoms with Crippen LogP contribution in [0.4, 0.5) is 0 Å². The SMILES string of the molecule is CCN(Cc1cccs1)Cc1ccccc1Br. The molecule has 0 amide bonds. The van der Waals surface area contributed by atoms with Gasteiger partial charge in [0.1, 0.15) is 0 Å². The Balaban J connectivity index is 2.03. The number of benzene rings is 1. The molecule has 0 saturated heterocycles. The summed E-state index contributed by atoms with van der Waals surface area (Å²) in [6.07, 6.45) is 0. The molecule has 1 nitrogen and oxygen atoms in total. The van der Waals surface area contributed by atoms with Crippen molar-refractivity contribution in [2.45, 2.75) is 20.0 Å². The Labute approximate surface area is 115 Å². The number of hydrogen-bond acceptors (Lipinski definition) is 2. The molecule has 0 saturated carbocycles. The summed E-state index contributed by atoms with van der Waals surface area (Å²) in [5, 5.41) is 2.14. The van der Waals surface area contributed by atoms with Crippen LogP contribution in [-0.4, -0.2) is 11.4 Å². The summed E-state index contributed by atoms with van der Waals surface area (Å²) >= 11 is 5.44.